The van der Waals surface area contributed by atoms with E-state index < -0.39 is 0 Å². The van der Waals surface area contributed by atoms with Gasteiger partial charge in [0.25, 0.3) is 0 Å². The lowest BCUT2D eigenvalue weighted by molar-refractivity contribution is 1.18. The van der Waals surface area contributed by atoms with Crippen molar-refractivity contribution in [2.45, 2.75) is 0 Å². The summed E-state index contributed by atoms with van der Waals surface area (Å²) in [6.45, 7) is 0. The average Bonchev–Trinajstić information content (AvgIpc) is 3.83. The lowest BCUT2D eigenvalue weighted by Gasteiger charge is -2.12. The molecule has 0 bridgehead atoms. The van der Waals surface area contributed by atoms with Crippen molar-refractivity contribution in [2.24, 2.45) is 0 Å². The summed E-state index contributed by atoms with van der Waals surface area (Å²) in [5.41, 5.74) is 14.9. The van der Waals surface area contributed by atoms with Gasteiger partial charge in [0, 0.05) is 47.8 Å². The topological polar surface area (TPSA) is 17.8 Å². The lowest BCUT2D eigenvalue weighted by Crippen LogP contribution is -1.93. The molecule has 0 saturated heterocycles. The summed E-state index contributed by atoms with van der Waals surface area (Å²) in [6.07, 6.45) is 0. The first-order valence-corrected chi connectivity index (χ1v) is 19.9. The Kier molecular flexibility index (Phi) is 7.72. The summed E-state index contributed by atoms with van der Waals surface area (Å²) in [5.74, 6) is 0. The molecule has 0 aliphatic heterocycles. The lowest BCUT2D eigenvalue weighted by atomic mass is 9.95. The third kappa shape index (κ3) is 5.44. The van der Waals surface area contributed by atoms with Crippen LogP contribution in [0.2, 0.25) is 0 Å². The molecule has 3 aromatic heterocycles. The molecule has 0 unspecified atom stereocenters. The number of thiophene rings is 1. The number of nitrogens with zero attached hydrogens (tertiary/aromatic N) is 2. The minimum Gasteiger partial charge on any atom is -0.309 e. The van der Waals surface area contributed by atoms with Crippen LogP contribution in [0.15, 0.2) is 206 Å². The monoisotopic (exact) mass is 730 g/mol. The minimum atomic E-state index is 0.959. The zero-order valence-electron chi connectivity index (χ0n) is 30.4. The van der Waals surface area contributed by atoms with Crippen molar-refractivity contribution in [1.29, 1.82) is 0 Å². The van der Waals surface area contributed by atoms with Gasteiger partial charge in [-0.2, -0.15) is 0 Å². The molecule has 8 aromatic carbocycles. The maximum absolute atomic E-state index is 5.24. The van der Waals surface area contributed by atoms with Gasteiger partial charge in [0.05, 0.1) is 22.4 Å². The van der Waals surface area contributed by atoms with E-state index in [1.807, 2.05) is 11.3 Å². The molecule has 0 fully saturated rings. The maximum Gasteiger partial charge on any atom is 0.0715 e. The van der Waals surface area contributed by atoms with E-state index in [0.717, 1.165) is 28.1 Å². The third-order valence-electron chi connectivity index (χ3n) is 11.0. The smallest absolute Gasteiger partial charge is 0.0715 e. The van der Waals surface area contributed by atoms with Crippen molar-refractivity contribution >= 4 is 53.3 Å². The molecule has 262 valence electrons. The Morgan fingerprint density at radius 3 is 1.77 bits per heavy atom. The fourth-order valence-electron chi connectivity index (χ4n) is 8.39. The molecular formula is C53H34N2S. The molecule has 0 aliphatic rings. The van der Waals surface area contributed by atoms with Crippen molar-refractivity contribution in [1.82, 2.24) is 9.55 Å². The molecule has 0 spiro atoms. The third-order valence-corrected chi connectivity index (χ3v) is 12.2. The van der Waals surface area contributed by atoms with E-state index in [1.165, 1.54) is 75.5 Å². The summed E-state index contributed by atoms with van der Waals surface area (Å²) in [4.78, 5) is 5.24. The van der Waals surface area contributed by atoms with Crippen LogP contribution in [0, 0.1) is 0 Å². The van der Waals surface area contributed by atoms with Crippen molar-refractivity contribution in [3.05, 3.63) is 206 Å². The number of para-hydroxylation sites is 2. The Bertz CT molecular complexity index is 3170. The second kappa shape index (κ2) is 13.3. The van der Waals surface area contributed by atoms with Gasteiger partial charge in [-0.3, -0.25) is 0 Å². The fourth-order valence-corrected chi connectivity index (χ4v) is 9.65. The molecule has 2 nitrogen and oxygen atoms in total. The summed E-state index contributed by atoms with van der Waals surface area (Å²) in [7, 11) is 0. The van der Waals surface area contributed by atoms with Crippen molar-refractivity contribution in [2.75, 3.05) is 0 Å². The summed E-state index contributed by atoms with van der Waals surface area (Å²) in [5, 5.41) is 5.11. The predicted molar refractivity (Wildman–Crippen MR) is 239 cm³/mol. The van der Waals surface area contributed by atoms with Crippen LogP contribution >= 0.6 is 11.3 Å². The molecule has 0 atom stereocenters. The quantitative estimate of drug-likeness (QED) is 0.167. The summed E-state index contributed by atoms with van der Waals surface area (Å²) < 4.78 is 4.98. The van der Waals surface area contributed by atoms with Crippen LogP contribution in [0.4, 0.5) is 0 Å². The summed E-state index contributed by atoms with van der Waals surface area (Å²) >= 11 is 1.88. The first kappa shape index (κ1) is 32.4. The van der Waals surface area contributed by atoms with Crippen LogP contribution in [0.1, 0.15) is 0 Å². The van der Waals surface area contributed by atoms with E-state index in [9.17, 15) is 0 Å². The second-order valence-corrected chi connectivity index (χ2v) is 15.4. The second-order valence-electron chi connectivity index (χ2n) is 14.3. The van der Waals surface area contributed by atoms with Crippen molar-refractivity contribution in [3.8, 4) is 61.6 Å². The van der Waals surface area contributed by atoms with Gasteiger partial charge in [-0.15, -0.1) is 11.3 Å². The molecule has 0 aliphatic carbocycles. The molecule has 0 radical (unpaired) electrons. The molecule has 11 rings (SSSR count). The Hall–Kier alpha value is -7.07. The van der Waals surface area contributed by atoms with Crippen LogP contribution in [-0.2, 0) is 0 Å². The largest absolute Gasteiger partial charge is 0.309 e. The number of pyridine rings is 1. The van der Waals surface area contributed by atoms with Gasteiger partial charge in [0.1, 0.15) is 0 Å². The summed E-state index contributed by atoms with van der Waals surface area (Å²) in [6, 6.07) is 74.3. The number of benzene rings is 8. The Labute approximate surface area is 329 Å². The van der Waals surface area contributed by atoms with E-state index in [1.54, 1.807) is 0 Å². The molecule has 3 heteroatoms. The van der Waals surface area contributed by atoms with E-state index >= 15 is 0 Å². The highest BCUT2D eigenvalue weighted by molar-refractivity contribution is 7.26. The highest BCUT2D eigenvalue weighted by atomic mass is 32.1. The molecule has 0 saturated carbocycles. The van der Waals surface area contributed by atoms with Gasteiger partial charge < -0.3 is 4.57 Å². The van der Waals surface area contributed by atoms with Gasteiger partial charge in [0.15, 0.2) is 0 Å². The highest BCUT2D eigenvalue weighted by Crippen LogP contribution is 2.45. The number of hydrogen-bond donors (Lipinski definition) is 0. The number of hydrogen-bond acceptors (Lipinski definition) is 2. The van der Waals surface area contributed by atoms with E-state index in [4.69, 9.17) is 4.98 Å². The van der Waals surface area contributed by atoms with Gasteiger partial charge in [-0.05, 0) is 81.9 Å². The van der Waals surface area contributed by atoms with E-state index in [-0.39, 0.29) is 0 Å². The first-order valence-electron chi connectivity index (χ1n) is 19.0. The zero-order chi connectivity index (χ0) is 37.0. The van der Waals surface area contributed by atoms with Crippen LogP contribution in [-0.4, -0.2) is 9.55 Å². The highest BCUT2D eigenvalue weighted by Gasteiger charge is 2.18. The molecule has 11 aromatic rings. The Balaban J connectivity index is 1.06. The first-order chi connectivity index (χ1) is 27.8. The van der Waals surface area contributed by atoms with Gasteiger partial charge in [-0.1, -0.05) is 158 Å². The molecule has 3 heterocycles. The Morgan fingerprint density at radius 1 is 0.357 bits per heavy atom. The van der Waals surface area contributed by atoms with Crippen LogP contribution in [0.3, 0.4) is 0 Å². The van der Waals surface area contributed by atoms with E-state index in [2.05, 4.69) is 211 Å². The van der Waals surface area contributed by atoms with Crippen molar-refractivity contribution in [3.63, 3.8) is 0 Å². The number of rotatable bonds is 6. The van der Waals surface area contributed by atoms with Gasteiger partial charge in [-0.25, -0.2) is 4.98 Å². The predicted octanol–water partition coefficient (Wildman–Crippen LogP) is 14.9. The maximum atomic E-state index is 5.24. The van der Waals surface area contributed by atoms with Gasteiger partial charge in [0.2, 0.25) is 0 Å². The normalized spacial score (nSPS) is 11.6. The van der Waals surface area contributed by atoms with Gasteiger partial charge >= 0.3 is 0 Å². The minimum absolute atomic E-state index is 0.959. The zero-order valence-corrected chi connectivity index (χ0v) is 31.2. The van der Waals surface area contributed by atoms with Crippen LogP contribution in [0.5, 0.6) is 0 Å². The van der Waals surface area contributed by atoms with E-state index in [0.29, 0.717) is 0 Å². The van der Waals surface area contributed by atoms with Crippen LogP contribution < -0.4 is 0 Å². The fraction of sp³-hybridized carbons (Fsp3) is 0. The average molecular weight is 731 g/mol. The number of aromatic nitrogens is 2. The molecule has 0 N–H and O–H groups in total. The molecule has 0 amide bonds. The van der Waals surface area contributed by atoms with Crippen molar-refractivity contribution < 1.29 is 0 Å². The number of fused-ring (bicyclic) bond motifs is 6. The molecule has 56 heavy (non-hydrogen) atoms. The SMILES string of the molecule is c1ccc(-c2cc(-c3ccccc3)nc(-c3cccc(-c4cccc5c4sc4cccc(-c6ccc7c8ccccc8n(-c8ccccc8)c7c6)c45)c3)c2)cc1. The van der Waals surface area contributed by atoms with Crippen LogP contribution in [0.25, 0.3) is 104 Å². The standard InChI is InChI=1S/C53H34N2S/c1-4-15-35(16-5-1)40-32-47(36-17-6-2-7-18-36)54-48(33-40)39-20-12-19-37(31-39)43-25-13-26-46-52-42(24-14-28-51(52)56-53(43)46)38-29-30-45-44-23-10-11-27-49(44)55(50(45)34-38)41-21-8-3-9-22-41/h1-34H. The Morgan fingerprint density at radius 2 is 0.946 bits per heavy atom. The molecular weight excluding hydrogens is 697 g/mol.